The molecule has 2 N–H and O–H groups in total. The topological polar surface area (TPSA) is 43.1 Å². The van der Waals surface area contributed by atoms with Gasteiger partial charge in [-0.1, -0.05) is 0 Å². The third-order valence-electron chi connectivity index (χ3n) is 2.70. The average molecular weight is 305 g/mol. The van der Waals surface area contributed by atoms with Gasteiger partial charge in [0.15, 0.2) is 29.1 Å². The lowest BCUT2D eigenvalue weighted by Crippen LogP contribution is -2.14. The summed E-state index contributed by atoms with van der Waals surface area (Å²) < 4.78 is 79.0. The molecule has 0 heterocycles. The second-order valence-electron chi connectivity index (χ2n) is 4.01. The number of nitrogens with two attached hydrogens (primary N) is 1. The SMILES string of the molecule is Nc1ccc(C(=O)c2c(F)c(F)c(F)c(F)c2F)cc1F. The number of halogens is 6. The van der Waals surface area contributed by atoms with Gasteiger partial charge in [0, 0.05) is 5.56 Å². The summed E-state index contributed by atoms with van der Waals surface area (Å²) in [6.45, 7) is 0. The van der Waals surface area contributed by atoms with Crippen molar-refractivity contribution >= 4 is 11.5 Å². The lowest BCUT2D eigenvalue weighted by molar-refractivity contribution is 0.102. The number of benzene rings is 2. The van der Waals surface area contributed by atoms with E-state index in [2.05, 4.69) is 0 Å². The predicted molar refractivity (Wildman–Crippen MR) is 60.5 cm³/mol. The minimum atomic E-state index is -2.38. The van der Waals surface area contributed by atoms with Crippen molar-refractivity contribution < 1.29 is 31.1 Å². The number of carbonyl (C=O) groups excluding carboxylic acids is 1. The van der Waals surface area contributed by atoms with Crippen molar-refractivity contribution in [3.8, 4) is 0 Å². The second kappa shape index (κ2) is 5.12. The van der Waals surface area contributed by atoms with Gasteiger partial charge < -0.3 is 5.73 Å². The average Bonchev–Trinajstić information content (AvgIpc) is 2.46. The van der Waals surface area contributed by atoms with E-state index in [1.807, 2.05) is 0 Å². The van der Waals surface area contributed by atoms with Crippen molar-refractivity contribution in [2.75, 3.05) is 5.73 Å². The van der Waals surface area contributed by atoms with E-state index >= 15 is 0 Å². The first-order chi connectivity index (χ1) is 9.75. The Morgan fingerprint density at radius 1 is 0.810 bits per heavy atom. The van der Waals surface area contributed by atoms with Crippen LogP contribution in [0.3, 0.4) is 0 Å². The van der Waals surface area contributed by atoms with Crippen LogP contribution in [0.15, 0.2) is 18.2 Å². The number of nitrogen functional groups attached to an aromatic ring is 1. The number of hydrogen-bond donors (Lipinski definition) is 1. The zero-order valence-corrected chi connectivity index (χ0v) is 9.99. The summed E-state index contributed by atoms with van der Waals surface area (Å²) in [7, 11) is 0. The van der Waals surface area contributed by atoms with Crippen LogP contribution in [0.2, 0.25) is 0 Å². The van der Waals surface area contributed by atoms with Crippen LogP contribution < -0.4 is 5.73 Å². The highest BCUT2D eigenvalue weighted by Crippen LogP contribution is 2.26. The Morgan fingerprint density at radius 2 is 1.29 bits per heavy atom. The summed E-state index contributed by atoms with van der Waals surface area (Å²) in [5, 5.41) is 0. The van der Waals surface area contributed by atoms with E-state index in [-0.39, 0.29) is 5.69 Å². The zero-order chi connectivity index (χ0) is 15.9. The molecule has 0 aliphatic rings. The maximum atomic E-state index is 13.5. The fraction of sp³-hybridized carbons (Fsp3) is 0. The number of ketones is 1. The third-order valence-corrected chi connectivity index (χ3v) is 2.70. The number of carbonyl (C=O) groups is 1. The molecule has 0 aliphatic heterocycles. The van der Waals surface area contributed by atoms with Gasteiger partial charge in [0.05, 0.1) is 5.69 Å². The molecule has 0 saturated heterocycles. The monoisotopic (exact) mass is 305 g/mol. The van der Waals surface area contributed by atoms with E-state index < -0.39 is 51.8 Å². The smallest absolute Gasteiger partial charge is 0.200 e. The van der Waals surface area contributed by atoms with Crippen LogP contribution >= 0.6 is 0 Å². The van der Waals surface area contributed by atoms with Crippen LogP contribution in [0.25, 0.3) is 0 Å². The van der Waals surface area contributed by atoms with Crippen LogP contribution in [0.1, 0.15) is 15.9 Å². The predicted octanol–water partition coefficient (Wildman–Crippen LogP) is 3.33. The maximum absolute atomic E-state index is 13.5. The van der Waals surface area contributed by atoms with E-state index in [1.54, 1.807) is 0 Å². The second-order valence-corrected chi connectivity index (χ2v) is 4.01. The van der Waals surface area contributed by atoms with E-state index in [1.165, 1.54) is 0 Å². The van der Waals surface area contributed by atoms with Gasteiger partial charge in [0.1, 0.15) is 11.4 Å². The first kappa shape index (κ1) is 14.9. The molecule has 0 bridgehead atoms. The Kier molecular flexibility index (Phi) is 3.63. The molecule has 110 valence electrons. The van der Waals surface area contributed by atoms with Crippen molar-refractivity contribution in [3.63, 3.8) is 0 Å². The molecule has 0 fully saturated rings. The van der Waals surface area contributed by atoms with Gasteiger partial charge >= 0.3 is 0 Å². The molecule has 0 aliphatic carbocycles. The molecule has 21 heavy (non-hydrogen) atoms. The molecule has 2 aromatic carbocycles. The Morgan fingerprint density at radius 3 is 1.76 bits per heavy atom. The first-order valence-corrected chi connectivity index (χ1v) is 5.36. The van der Waals surface area contributed by atoms with Gasteiger partial charge in [0.2, 0.25) is 5.82 Å². The molecule has 2 nitrogen and oxygen atoms in total. The highest BCUT2D eigenvalue weighted by molar-refractivity contribution is 6.09. The van der Waals surface area contributed by atoms with E-state index in [0.717, 1.165) is 12.1 Å². The standard InChI is InChI=1S/C13H5F6NO/c14-5-3-4(1-2-6(5)20)13(21)7-8(15)10(17)12(19)11(18)9(7)16/h1-3H,20H2. The largest absolute Gasteiger partial charge is 0.396 e. The summed E-state index contributed by atoms with van der Waals surface area (Å²) in [5.74, 6) is -14.1. The molecular weight excluding hydrogens is 300 g/mol. The molecule has 0 atom stereocenters. The van der Waals surface area contributed by atoms with Crippen LogP contribution in [0, 0.1) is 34.9 Å². The Hall–Kier alpha value is -2.51. The molecule has 0 saturated carbocycles. The molecular formula is C13H5F6NO. The highest BCUT2D eigenvalue weighted by atomic mass is 19.2. The van der Waals surface area contributed by atoms with Gasteiger partial charge in [-0.3, -0.25) is 4.79 Å². The molecule has 0 radical (unpaired) electrons. The molecule has 2 rings (SSSR count). The summed E-state index contributed by atoms with van der Waals surface area (Å²) >= 11 is 0. The molecule has 0 aromatic heterocycles. The van der Waals surface area contributed by atoms with Crippen molar-refractivity contribution in [1.29, 1.82) is 0 Å². The highest BCUT2D eigenvalue weighted by Gasteiger charge is 2.30. The van der Waals surface area contributed by atoms with Gasteiger partial charge in [-0.2, -0.15) is 0 Å². The number of rotatable bonds is 2. The number of anilines is 1. The normalized spacial score (nSPS) is 10.8. The van der Waals surface area contributed by atoms with Crippen LogP contribution in [-0.4, -0.2) is 5.78 Å². The lowest BCUT2D eigenvalue weighted by Gasteiger charge is -2.08. The Balaban J connectivity index is 2.66. The molecule has 8 heteroatoms. The van der Waals surface area contributed by atoms with E-state index in [0.29, 0.717) is 6.07 Å². The summed E-state index contributed by atoms with van der Waals surface area (Å²) in [6, 6.07) is 2.36. The molecule has 2 aromatic rings. The van der Waals surface area contributed by atoms with Gasteiger partial charge in [0.25, 0.3) is 0 Å². The van der Waals surface area contributed by atoms with Crippen molar-refractivity contribution in [2.24, 2.45) is 0 Å². The van der Waals surface area contributed by atoms with Gasteiger partial charge in [-0.05, 0) is 18.2 Å². The van der Waals surface area contributed by atoms with Crippen molar-refractivity contribution in [3.05, 3.63) is 64.2 Å². The maximum Gasteiger partial charge on any atom is 0.200 e. The van der Waals surface area contributed by atoms with Crippen molar-refractivity contribution in [2.45, 2.75) is 0 Å². The Bertz CT molecular complexity index is 730. The summed E-state index contributed by atoms with van der Waals surface area (Å²) in [5.41, 5.74) is 2.54. The van der Waals surface area contributed by atoms with Crippen LogP contribution in [-0.2, 0) is 0 Å². The van der Waals surface area contributed by atoms with Crippen molar-refractivity contribution in [1.82, 2.24) is 0 Å². The minimum Gasteiger partial charge on any atom is -0.396 e. The summed E-state index contributed by atoms with van der Waals surface area (Å²) in [4.78, 5) is 11.8. The summed E-state index contributed by atoms with van der Waals surface area (Å²) in [6.07, 6.45) is 0. The fourth-order valence-corrected chi connectivity index (χ4v) is 1.62. The van der Waals surface area contributed by atoms with Gasteiger partial charge in [-0.25, -0.2) is 26.3 Å². The van der Waals surface area contributed by atoms with Crippen LogP contribution in [0.5, 0.6) is 0 Å². The van der Waals surface area contributed by atoms with E-state index in [9.17, 15) is 31.1 Å². The fourth-order valence-electron chi connectivity index (χ4n) is 1.62. The number of hydrogen-bond acceptors (Lipinski definition) is 2. The van der Waals surface area contributed by atoms with E-state index in [4.69, 9.17) is 5.73 Å². The lowest BCUT2D eigenvalue weighted by atomic mass is 10.0. The third kappa shape index (κ3) is 2.32. The first-order valence-electron chi connectivity index (χ1n) is 5.36. The van der Waals surface area contributed by atoms with Crippen LogP contribution in [0.4, 0.5) is 32.0 Å². The molecule has 0 unspecified atom stereocenters. The zero-order valence-electron chi connectivity index (χ0n) is 9.99. The Labute approximate surface area is 113 Å². The molecule has 0 spiro atoms. The molecule has 0 amide bonds. The minimum absolute atomic E-state index is 0.344. The quantitative estimate of drug-likeness (QED) is 0.304. The van der Waals surface area contributed by atoms with Gasteiger partial charge in [-0.15, -0.1) is 0 Å².